The van der Waals surface area contributed by atoms with Crippen LogP contribution in [0.15, 0.2) is 17.1 Å². The second kappa shape index (κ2) is 8.05. The minimum atomic E-state index is 0.174. The highest BCUT2D eigenvalue weighted by atomic mass is 16.2. The van der Waals surface area contributed by atoms with Gasteiger partial charge in [0, 0.05) is 12.8 Å². The highest BCUT2D eigenvalue weighted by molar-refractivity contribution is 6.03. The number of aliphatic imine (C=N–C) groups is 1. The molecule has 2 aliphatic heterocycles. The van der Waals surface area contributed by atoms with Gasteiger partial charge in [-0.2, -0.15) is 0 Å². The summed E-state index contributed by atoms with van der Waals surface area (Å²) in [6, 6.07) is 4.49. The summed E-state index contributed by atoms with van der Waals surface area (Å²) < 4.78 is 0. The Labute approximate surface area is 189 Å². The van der Waals surface area contributed by atoms with E-state index in [1.807, 2.05) is 0 Å². The molecule has 3 heteroatoms. The van der Waals surface area contributed by atoms with E-state index in [-0.39, 0.29) is 11.9 Å². The molecule has 3 nitrogen and oxygen atoms in total. The van der Waals surface area contributed by atoms with Gasteiger partial charge in [0.2, 0.25) is 0 Å². The molecular formula is C28H42N2O. The van der Waals surface area contributed by atoms with Crippen LogP contribution in [-0.4, -0.2) is 29.6 Å². The zero-order valence-electron chi connectivity index (χ0n) is 20.7. The number of benzene rings is 1. The first-order valence-corrected chi connectivity index (χ1v) is 12.5. The van der Waals surface area contributed by atoms with Crippen LogP contribution in [0.3, 0.4) is 0 Å². The molecule has 0 bridgehead atoms. The van der Waals surface area contributed by atoms with Gasteiger partial charge in [-0.1, -0.05) is 53.9 Å². The minimum absolute atomic E-state index is 0.174. The van der Waals surface area contributed by atoms with Crippen molar-refractivity contribution in [3.8, 4) is 0 Å². The Bertz CT molecular complexity index is 868. The van der Waals surface area contributed by atoms with E-state index >= 15 is 0 Å². The lowest BCUT2D eigenvalue weighted by atomic mass is 9.73. The van der Waals surface area contributed by atoms with Crippen molar-refractivity contribution in [3.63, 3.8) is 0 Å². The molecule has 3 aliphatic rings. The molecule has 0 N–H and O–H groups in total. The first kappa shape index (κ1) is 22.6. The van der Waals surface area contributed by atoms with Gasteiger partial charge in [0.05, 0.1) is 17.3 Å². The average Bonchev–Trinajstić information content (AvgIpc) is 2.96. The number of hydrogen-bond donors (Lipinski definition) is 0. The van der Waals surface area contributed by atoms with Crippen molar-refractivity contribution >= 4 is 17.8 Å². The van der Waals surface area contributed by atoms with Crippen LogP contribution >= 0.6 is 0 Å². The number of amides is 1. The lowest BCUT2D eigenvalue weighted by Crippen LogP contribution is -2.36. The molecule has 0 radical (unpaired) electrons. The summed E-state index contributed by atoms with van der Waals surface area (Å²) >= 11 is 0. The predicted molar refractivity (Wildman–Crippen MR) is 130 cm³/mol. The molecule has 1 amide bonds. The van der Waals surface area contributed by atoms with Crippen molar-refractivity contribution in [2.75, 3.05) is 6.54 Å². The van der Waals surface area contributed by atoms with Crippen LogP contribution in [0.2, 0.25) is 0 Å². The number of nitrogens with zero attached hydrogens (tertiary/aromatic N) is 2. The fraction of sp³-hybridized carbons (Fsp3) is 0.714. The number of hydrogen-bond acceptors (Lipinski definition) is 2. The number of rotatable bonds is 4. The molecule has 31 heavy (non-hydrogen) atoms. The molecule has 1 spiro atoms. The molecule has 1 aromatic rings. The van der Waals surface area contributed by atoms with Crippen LogP contribution in [0.1, 0.15) is 107 Å². The first-order valence-electron chi connectivity index (χ1n) is 12.5. The number of aryl methyl sites for hydroxylation is 2. The minimum Gasteiger partial charge on any atom is -0.330 e. The van der Waals surface area contributed by atoms with Gasteiger partial charge in [0.15, 0.2) is 0 Å². The molecule has 1 aromatic carbocycles. The van der Waals surface area contributed by atoms with Crippen LogP contribution in [-0.2, 0) is 6.42 Å². The third kappa shape index (κ3) is 4.91. The van der Waals surface area contributed by atoms with E-state index in [4.69, 9.17) is 4.99 Å². The maximum Gasteiger partial charge on any atom is 0.256 e. The van der Waals surface area contributed by atoms with Crippen molar-refractivity contribution in [1.82, 2.24) is 4.90 Å². The van der Waals surface area contributed by atoms with Crippen LogP contribution < -0.4 is 0 Å². The van der Waals surface area contributed by atoms with Crippen molar-refractivity contribution < 1.29 is 4.79 Å². The molecule has 1 saturated carbocycles. The molecule has 2 heterocycles. The van der Waals surface area contributed by atoms with Gasteiger partial charge in [0.1, 0.15) is 0 Å². The van der Waals surface area contributed by atoms with Crippen LogP contribution in [0.5, 0.6) is 0 Å². The zero-order chi connectivity index (χ0) is 22.4. The Hall–Kier alpha value is -1.64. The summed E-state index contributed by atoms with van der Waals surface area (Å²) in [6.45, 7) is 14.8. The first-order chi connectivity index (χ1) is 14.5. The molecule has 1 atom stereocenters. The number of carbonyl (C=O) groups is 1. The van der Waals surface area contributed by atoms with Crippen molar-refractivity contribution in [1.29, 1.82) is 0 Å². The van der Waals surface area contributed by atoms with Gasteiger partial charge >= 0.3 is 0 Å². The van der Waals surface area contributed by atoms with Crippen LogP contribution in [0.4, 0.5) is 5.69 Å². The smallest absolute Gasteiger partial charge is 0.256 e. The molecule has 4 rings (SSSR count). The largest absolute Gasteiger partial charge is 0.330 e. The highest BCUT2D eigenvalue weighted by Crippen LogP contribution is 2.47. The van der Waals surface area contributed by atoms with Crippen molar-refractivity contribution in [2.45, 2.75) is 105 Å². The summed E-state index contributed by atoms with van der Waals surface area (Å²) in [5.74, 6) is 0.197. The van der Waals surface area contributed by atoms with Gasteiger partial charge in [-0.3, -0.25) is 9.79 Å². The normalized spacial score (nSPS) is 23.1. The fourth-order valence-electron chi connectivity index (χ4n) is 6.72. The zero-order valence-corrected chi connectivity index (χ0v) is 20.7. The van der Waals surface area contributed by atoms with Crippen molar-refractivity contribution in [2.24, 2.45) is 21.2 Å². The van der Waals surface area contributed by atoms with E-state index in [1.165, 1.54) is 49.7 Å². The second-order valence-electron chi connectivity index (χ2n) is 12.7. The van der Waals surface area contributed by atoms with E-state index < -0.39 is 0 Å². The van der Waals surface area contributed by atoms with Crippen molar-refractivity contribution in [3.05, 3.63) is 28.8 Å². The van der Waals surface area contributed by atoms with Gasteiger partial charge in [0.25, 0.3) is 5.91 Å². The third-order valence-electron chi connectivity index (χ3n) is 7.87. The SMILES string of the molecule is Cc1cc2c(cc1CCC(C)(C)CC(C)(C)C)N=C[C@@H]1CC3(CCCCC3)CN1C2=O. The molecule has 1 saturated heterocycles. The second-order valence-corrected chi connectivity index (χ2v) is 12.7. The Balaban J connectivity index is 1.53. The standard InChI is InChI=1S/C28H42N2O/c1-20-14-23-24(15-21(20)10-13-27(5,6)18-26(2,3)4)29-17-22-16-28(11-8-7-9-12-28)19-30(22)25(23)31/h14-15,17,22H,7-13,16,18-19H2,1-6H3/t22-/m0/s1. The summed E-state index contributed by atoms with van der Waals surface area (Å²) in [4.78, 5) is 20.5. The molecule has 2 fully saturated rings. The number of fused-ring (bicyclic) bond motifs is 2. The summed E-state index contributed by atoms with van der Waals surface area (Å²) in [6.07, 6.45) is 13.1. The highest BCUT2D eigenvalue weighted by Gasteiger charge is 2.46. The van der Waals surface area contributed by atoms with Gasteiger partial charge < -0.3 is 4.90 Å². The third-order valence-corrected chi connectivity index (χ3v) is 7.87. The van der Waals surface area contributed by atoms with Gasteiger partial charge in [-0.05, 0) is 85.0 Å². The molecule has 170 valence electrons. The Morgan fingerprint density at radius 1 is 1.10 bits per heavy atom. The lowest BCUT2D eigenvalue weighted by Gasteiger charge is -2.33. The fourth-order valence-corrected chi connectivity index (χ4v) is 6.72. The monoisotopic (exact) mass is 422 g/mol. The molecule has 0 aromatic heterocycles. The van der Waals surface area contributed by atoms with E-state index in [2.05, 4.69) is 64.8 Å². The predicted octanol–water partition coefficient (Wildman–Crippen LogP) is 7.27. The molecular weight excluding hydrogens is 380 g/mol. The van der Waals surface area contributed by atoms with E-state index in [0.717, 1.165) is 37.1 Å². The van der Waals surface area contributed by atoms with E-state index in [9.17, 15) is 4.79 Å². The molecule has 1 aliphatic carbocycles. The average molecular weight is 423 g/mol. The summed E-state index contributed by atoms with van der Waals surface area (Å²) in [5, 5.41) is 0. The van der Waals surface area contributed by atoms with Crippen LogP contribution in [0, 0.1) is 23.2 Å². The Kier molecular flexibility index (Phi) is 5.85. The summed E-state index contributed by atoms with van der Waals surface area (Å²) in [7, 11) is 0. The Morgan fingerprint density at radius 3 is 2.48 bits per heavy atom. The van der Waals surface area contributed by atoms with E-state index in [0.29, 0.717) is 16.2 Å². The Morgan fingerprint density at radius 2 is 1.81 bits per heavy atom. The molecule has 0 unspecified atom stereocenters. The van der Waals surface area contributed by atoms with Crippen LogP contribution in [0.25, 0.3) is 0 Å². The lowest BCUT2D eigenvalue weighted by molar-refractivity contribution is 0.0744. The maximum absolute atomic E-state index is 13.5. The number of carbonyl (C=O) groups excluding carboxylic acids is 1. The summed E-state index contributed by atoms with van der Waals surface area (Å²) in [5.41, 5.74) is 5.25. The topological polar surface area (TPSA) is 32.7 Å². The van der Waals surface area contributed by atoms with Gasteiger partial charge in [-0.25, -0.2) is 0 Å². The van der Waals surface area contributed by atoms with Gasteiger partial charge in [-0.15, -0.1) is 0 Å². The van der Waals surface area contributed by atoms with E-state index in [1.54, 1.807) is 0 Å². The quantitative estimate of drug-likeness (QED) is 0.502. The maximum atomic E-state index is 13.5.